The van der Waals surface area contributed by atoms with E-state index < -0.39 is 15.7 Å². The molecular weight excluding hydrogens is 340 g/mol. The molecule has 0 aliphatic carbocycles. The summed E-state index contributed by atoms with van der Waals surface area (Å²) < 4.78 is 23.6. The van der Waals surface area contributed by atoms with Crippen molar-refractivity contribution in [3.8, 4) is 0 Å². The lowest BCUT2D eigenvalue weighted by molar-refractivity contribution is 0.102. The smallest absolute Gasteiger partial charge is 0.256 e. The summed E-state index contributed by atoms with van der Waals surface area (Å²) in [6.45, 7) is 1.57. The highest BCUT2D eigenvalue weighted by atomic mass is 32.2. The number of sulfone groups is 1. The monoisotopic (exact) mass is 356 g/mol. The SMILES string of the molecule is CCS(=O)(=O)c1ccc(NC(=O)c2cc(=O)[nH]c3ccccc23)cc1. The summed E-state index contributed by atoms with van der Waals surface area (Å²) >= 11 is 0. The van der Waals surface area contributed by atoms with Crippen molar-refractivity contribution in [2.45, 2.75) is 11.8 Å². The number of aromatic amines is 1. The minimum Gasteiger partial charge on any atom is -0.322 e. The first-order valence-electron chi connectivity index (χ1n) is 7.67. The van der Waals surface area contributed by atoms with Crippen molar-refractivity contribution in [1.29, 1.82) is 0 Å². The predicted molar refractivity (Wildman–Crippen MR) is 96.7 cm³/mol. The molecule has 3 rings (SSSR count). The third-order valence-electron chi connectivity index (χ3n) is 3.85. The number of hydrogen-bond acceptors (Lipinski definition) is 4. The normalized spacial score (nSPS) is 11.4. The Labute approximate surface area is 144 Å². The molecule has 7 heteroatoms. The van der Waals surface area contributed by atoms with E-state index in [-0.39, 0.29) is 21.8 Å². The molecule has 0 radical (unpaired) electrons. The fourth-order valence-corrected chi connectivity index (χ4v) is 3.39. The molecule has 128 valence electrons. The topological polar surface area (TPSA) is 96.1 Å². The number of carbonyl (C=O) groups is 1. The van der Waals surface area contributed by atoms with E-state index in [1.807, 2.05) is 0 Å². The maximum absolute atomic E-state index is 12.5. The first-order chi connectivity index (χ1) is 11.9. The van der Waals surface area contributed by atoms with E-state index >= 15 is 0 Å². The minimum atomic E-state index is -3.29. The molecular formula is C18H16N2O4S. The lowest BCUT2D eigenvalue weighted by Crippen LogP contribution is -2.17. The van der Waals surface area contributed by atoms with E-state index in [9.17, 15) is 18.0 Å². The van der Waals surface area contributed by atoms with Crippen molar-refractivity contribution in [1.82, 2.24) is 4.98 Å². The van der Waals surface area contributed by atoms with Gasteiger partial charge in [-0.1, -0.05) is 25.1 Å². The van der Waals surface area contributed by atoms with Gasteiger partial charge in [0.05, 0.1) is 16.2 Å². The second kappa shape index (κ2) is 6.52. The van der Waals surface area contributed by atoms with Crippen LogP contribution in [0.3, 0.4) is 0 Å². The van der Waals surface area contributed by atoms with Gasteiger partial charge >= 0.3 is 0 Å². The van der Waals surface area contributed by atoms with Crippen LogP contribution in [0.2, 0.25) is 0 Å². The Kier molecular flexibility index (Phi) is 4.41. The molecule has 6 nitrogen and oxygen atoms in total. The maximum Gasteiger partial charge on any atom is 0.256 e. The van der Waals surface area contributed by atoms with Gasteiger partial charge in [-0.2, -0.15) is 0 Å². The van der Waals surface area contributed by atoms with E-state index in [2.05, 4.69) is 10.3 Å². The van der Waals surface area contributed by atoms with Gasteiger partial charge in [0.1, 0.15) is 0 Å². The van der Waals surface area contributed by atoms with Crippen molar-refractivity contribution in [2.24, 2.45) is 0 Å². The van der Waals surface area contributed by atoms with Crippen LogP contribution in [0.4, 0.5) is 5.69 Å². The zero-order valence-corrected chi connectivity index (χ0v) is 14.3. The van der Waals surface area contributed by atoms with Crippen LogP contribution in [0.15, 0.2) is 64.3 Å². The molecule has 3 aromatic rings. The highest BCUT2D eigenvalue weighted by Gasteiger charge is 2.14. The van der Waals surface area contributed by atoms with Gasteiger partial charge in [0.15, 0.2) is 9.84 Å². The van der Waals surface area contributed by atoms with Crippen molar-refractivity contribution < 1.29 is 13.2 Å². The number of nitrogens with one attached hydrogen (secondary N) is 2. The molecule has 2 aromatic carbocycles. The molecule has 0 saturated heterocycles. The molecule has 0 spiro atoms. The highest BCUT2D eigenvalue weighted by molar-refractivity contribution is 7.91. The van der Waals surface area contributed by atoms with Crippen LogP contribution in [0.5, 0.6) is 0 Å². The van der Waals surface area contributed by atoms with Crippen LogP contribution in [0.1, 0.15) is 17.3 Å². The number of rotatable bonds is 4. The second-order valence-electron chi connectivity index (χ2n) is 5.47. The molecule has 0 saturated carbocycles. The fraction of sp³-hybridized carbons (Fsp3) is 0.111. The fourth-order valence-electron chi connectivity index (χ4n) is 2.50. The third kappa shape index (κ3) is 3.46. The molecule has 0 atom stereocenters. The van der Waals surface area contributed by atoms with Crippen LogP contribution >= 0.6 is 0 Å². The number of amides is 1. The first kappa shape index (κ1) is 16.9. The molecule has 1 heterocycles. The quantitative estimate of drug-likeness (QED) is 0.751. The lowest BCUT2D eigenvalue weighted by atomic mass is 10.1. The molecule has 1 amide bonds. The van der Waals surface area contributed by atoms with Gasteiger partial charge < -0.3 is 10.3 Å². The van der Waals surface area contributed by atoms with Crippen molar-refractivity contribution in [3.05, 3.63) is 70.5 Å². The van der Waals surface area contributed by atoms with Crippen LogP contribution in [0.25, 0.3) is 10.9 Å². The van der Waals surface area contributed by atoms with Gasteiger partial charge in [0, 0.05) is 22.7 Å². The lowest BCUT2D eigenvalue weighted by Gasteiger charge is -2.09. The Balaban J connectivity index is 1.92. The Morgan fingerprint density at radius 3 is 2.44 bits per heavy atom. The summed E-state index contributed by atoms with van der Waals surface area (Å²) in [5, 5.41) is 3.32. The Morgan fingerprint density at radius 2 is 1.76 bits per heavy atom. The second-order valence-corrected chi connectivity index (χ2v) is 7.75. The van der Waals surface area contributed by atoms with Crippen LogP contribution < -0.4 is 10.9 Å². The van der Waals surface area contributed by atoms with E-state index in [1.165, 1.54) is 30.3 Å². The standard InChI is InChI=1S/C18H16N2O4S/c1-2-25(23,24)13-9-7-12(8-10-13)19-18(22)15-11-17(21)20-16-6-4-3-5-14(15)16/h3-11H,2H2,1H3,(H,19,22)(H,20,21). The van der Waals surface area contributed by atoms with Crippen LogP contribution in [-0.2, 0) is 9.84 Å². The minimum absolute atomic E-state index is 0.0114. The van der Waals surface area contributed by atoms with Gasteiger partial charge in [-0.25, -0.2) is 8.42 Å². The largest absolute Gasteiger partial charge is 0.322 e. The molecule has 0 aliphatic heterocycles. The number of para-hydroxylation sites is 1. The summed E-state index contributed by atoms with van der Waals surface area (Å²) in [5.41, 5.74) is 0.909. The number of aromatic nitrogens is 1. The predicted octanol–water partition coefficient (Wildman–Crippen LogP) is 2.57. The van der Waals surface area contributed by atoms with Gasteiger partial charge in [-0.3, -0.25) is 9.59 Å². The summed E-state index contributed by atoms with van der Waals surface area (Å²) in [4.78, 5) is 27.2. The van der Waals surface area contributed by atoms with E-state index in [4.69, 9.17) is 0 Å². The van der Waals surface area contributed by atoms with Gasteiger partial charge in [-0.05, 0) is 30.3 Å². The van der Waals surface area contributed by atoms with E-state index in [0.717, 1.165) is 0 Å². The maximum atomic E-state index is 12.5. The van der Waals surface area contributed by atoms with E-state index in [0.29, 0.717) is 16.6 Å². The summed E-state index contributed by atoms with van der Waals surface area (Å²) in [6, 6.07) is 14.2. The number of pyridine rings is 1. The van der Waals surface area contributed by atoms with Crippen LogP contribution in [0, 0.1) is 0 Å². The zero-order chi connectivity index (χ0) is 18.0. The molecule has 0 unspecified atom stereocenters. The average molecular weight is 356 g/mol. The number of hydrogen-bond donors (Lipinski definition) is 2. The van der Waals surface area contributed by atoms with Crippen molar-refractivity contribution in [3.63, 3.8) is 0 Å². The number of carbonyl (C=O) groups excluding carboxylic acids is 1. The Bertz CT molecular complexity index is 1100. The molecule has 1 aromatic heterocycles. The number of fused-ring (bicyclic) bond motifs is 1. The van der Waals surface area contributed by atoms with Gasteiger partial charge in [-0.15, -0.1) is 0 Å². The summed E-state index contributed by atoms with van der Waals surface area (Å²) in [5.74, 6) is -0.425. The number of benzene rings is 2. The molecule has 0 fully saturated rings. The molecule has 0 bridgehead atoms. The van der Waals surface area contributed by atoms with E-state index in [1.54, 1.807) is 31.2 Å². The molecule has 0 aliphatic rings. The number of H-pyrrole nitrogens is 1. The first-order valence-corrected chi connectivity index (χ1v) is 9.32. The number of anilines is 1. The highest BCUT2D eigenvalue weighted by Crippen LogP contribution is 2.18. The van der Waals surface area contributed by atoms with Gasteiger partial charge in [0.25, 0.3) is 5.91 Å². The summed E-state index contributed by atoms with van der Waals surface area (Å²) in [7, 11) is -3.29. The Hall–Kier alpha value is -2.93. The summed E-state index contributed by atoms with van der Waals surface area (Å²) in [6.07, 6.45) is 0. The average Bonchev–Trinajstić information content (AvgIpc) is 2.61. The molecule has 25 heavy (non-hydrogen) atoms. The third-order valence-corrected chi connectivity index (χ3v) is 5.60. The van der Waals surface area contributed by atoms with Crippen molar-refractivity contribution >= 4 is 32.3 Å². The Morgan fingerprint density at radius 1 is 1.08 bits per heavy atom. The van der Waals surface area contributed by atoms with Crippen LogP contribution in [-0.4, -0.2) is 25.1 Å². The van der Waals surface area contributed by atoms with Gasteiger partial charge in [0.2, 0.25) is 5.56 Å². The molecule has 2 N–H and O–H groups in total. The zero-order valence-electron chi connectivity index (χ0n) is 13.4. The van der Waals surface area contributed by atoms with Crippen molar-refractivity contribution in [2.75, 3.05) is 11.1 Å².